The third-order valence-corrected chi connectivity index (χ3v) is 4.95. The lowest BCUT2D eigenvalue weighted by Gasteiger charge is -2.30. The fourth-order valence-electron chi connectivity index (χ4n) is 3.85. The van der Waals surface area contributed by atoms with Gasteiger partial charge < -0.3 is 24.2 Å². The first kappa shape index (κ1) is 17.1. The fourth-order valence-corrected chi connectivity index (χ4v) is 3.85. The summed E-state index contributed by atoms with van der Waals surface area (Å²) in [5.41, 5.74) is 0.548. The summed E-state index contributed by atoms with van der Waals surface area (Å²) >= 11 is 0. The predicted molar refractivity (Wildman–Crippen MR) is 90.6 cm³/mol. The number of amides is 1. The van der Waals surface area contributed by atoms with Crippen LogP contribution in [-0.4, -0.2) is 85.4 Å². The third-order valence-electron chi connectivity index (χ3n) is 4.95. The van der Waals surface area contributed by atoms with Gasteiger partial charge in [0.05, 0.1) is 25.8 Å². The number of hydrogen-bond acceptors (Lipinski definition) is 6. The summed E-state index contributed by atoms with van der Waals surface area (Å²) in [6.07, 6.45) is 0. The number of carbonyl (C=O) groups excluding carboxylic acids is 1. The molecule has 4 rings (SSSR count). The molecule has 3 heterocycles. The monoisotopic (exact) mass is 362 g/mol. The molecule has 1 amide bonds. The Hall–Kier alpha value is -2.32. The van der Waals surface area contributed by atoms with Crippen LogP contribution in [0.3, 0.4) is 0 Å². The average Bonchev–Trinajstić information content (AvgIpc) is 2.91. The summed E-state index contributed by atoms with van der Waals surface area (Å²) in [6, 6.07) is 5.07. The number of carbonyl (C=O) groups is 2. The largest absolute Gasteiger partial charge is 0.486 e. The molecule has 2 saturated heterocycles. The molecule has 0 aromatic heterocycles. The number of ether oxygens (including phenoxy) is 3. The summed E-state index contributed by atoms with van der Waals surface area (Å²) in [5, 5.41) is 9.11. The zero-order valence-electron chi connectivity index (χ0n) is 14.4. The number of nitrogens with zero attached hydrogens (tertiary/aromatic N) is 2. The van der Waals surface area contributed by atoms with Crippen molar-refractivity contribution in [3.63, 3.8) is 0 Å². The normalized spacial score (nSPS) is 25.5. The SMILES string of the molecule is O=C(O)CN1C[C@@H]2COC[C@H](C1)N(C(=O)c1ccc3c(c1)OCCO3)C2. The van der Waals surface area contributed by atoms with Crippen molar-refractivity contribution in [2.24, 2.45) is 5.92 Å². The Bertz CT molecular complexity index is 709. The summed E-state index contributed by atoms with van der Waals surface area (Å²) in [5.74, 6) is 0.403. The average molecular weight is 362 g/mol. The number of carboxylic acids is 1. The van der Waals surface area contributed by atoms with Gasteiger partial charge in [-0.3, -0.25) is 14.5 Å². The van der Waals surface area contributed by atoms with Crippen LogP contribution in [-0.2, 0) is 9.53 Å². The second-order valence-corrected chi connectivity index (χ2v) is 6.96. The van der Waals surface area contributed by atoms with Crippen LogP contribution >= 0.6 is 0 Å². The van der Waals surface area contributed by atoms with Crippen molar-refractivity contribution in [3.05, 3.63) is 23.8 Å². The lowest BCUT2D eigenvalue weighted by Crippen LogP contribution is -2.47. The predicted octanol–water partition coefficient (Wildman–Crippen LogP) is 0.315. The molecule has 2 fully saturated rings. The maximum atomic E-state index is 13.1. The van der Waals surface area contributed by atoms with Crippen LogP contribution in [0.5, 0.6) is 11.5 Å². The van der Waals surface area contributed by atoms with Crippen LogP contribution in [0.2, 0.25) is 0 Å². The van der Waals surface area contributed by atoms with E-state index >= 15 is 0 Å². The Kier molecular flexibility index (Phi) is 4.69. The molecule has 0 saturated carbocycles. The summed E-state index contributed by atoms with van der Waals surface area (Å²) in [6.45, 7) is 3.60. The van der Waals surface area contributed by atoms with E-state index in [2.05, 4.69) is 0 Å². The molecule has 3 aliphatic rings. The number of carboxylic acid groups (broad SMARTS) is 1. The highest BCUT2D eigenvalue weighted by atomic mass is 16.6. The van der Waals surface area contributed by atoms with E-state index in [1.807, 2.05) is 9.80 Å². The van der Waals surface area contributed by atoms with Gasteiger partial charge >= 0.3 is 5.97 Å². The van der Waals surface area contributed by atoms with E-state index in [-0.39, 0.29) is 24.4 Å². The first-order valence-electron chi connectivity index (χ1n) is 8.82. The van der Waals surface area contributed by atoms with E-state index in [9.17, 15) is 9.59 Å². The van der Waals surface area contributed by atoms with Gasteiger partial charge in [0.15, 0.2) is 11.5 Å². The van der Waals surface area contributed by atoms with E-state index in [1.54, 1.807) is 18.2 Å². The van der Waals surface area contributed by atoms with Crippen molar-refractivity contribution in [2.75, 3.05) is 52.6 Å². The zero-order chi connectivity index (χ0) is 18.1. The third kappa shape index (κ3) is 3.47. The number of hydrogen-bond donors (Lipinski definition) is 1. The van der Waals surface area contributed by atoms with E-state index in [0.29, 0.717) is 63.1 Å². The Morgan fingerprint density at radius 2 is 1.88 bits per heavy atom. The minimum absolute atomic E-state index is 0.0148. The topological polar surface area (TPSA) is 88.5 Å². The van der Waals surface area contributed by atoms with Crippen LogP contribution in [0.4, 0.5) is 0 Å². The molecule has 140 valence electrons. The second-order valence-electron chi connectivity index (χ2n) is 6.96. The molecule has 1 aromatic rings. The van der Waals surface area contributed by atoms with E-state index in [0.717, 1.165) is 0 Å². The molecule has 0 unspecified atom stereocenters. The molecular weight excluding hydrogens is 340 g/mol. The second kappa shape index (κ2) is 7.13. The Labute approximate surface area is 151 Å². The van der Waals surface area contributed by atoms with Crippen LogP contribution in [0, 0.1) is 5.92 Å². The van der Waals surface area contributed by atoms with Gasteiger partial charge in [0.25, 0.3) is 5.91 Å². The smallest absolute Gasteiger partial charge is 0.317 e. The quantitative estimate of drug-likeness (QED) is 0.828. The minimum Gasteiger partial charge on any atom is -0.486 e. The molecule has 1 aromatic carbocycles. The molecule has 3 aliphatic heterocycles. The molecule has 26 heavy (non-hydrogen) atoms. The number of fused-ring (bicyclic) bond motifs is 4. The van der Waals surface area contributed by atoms with Crippen molar-refractivity contribution in [2.45, 2.75) is 6.04 Å². The highest BCUT2D eigenvalue weighted by Crippen LogP contribution is 2.32. The van der Waals surface area contributed by atoms with Gasteiger partial charge in [0, 0.05) is 31.1 Å². The molecule has 8 heteroatoms. The van der Waals surface area contributed by atoms with Gasteiger partial charge in [-0.2, -0.15) is 0 Å². The Morgan fingerprint density at radius 3 is 2.69 bits per heavy atom. The first-order chi connectivity index (χ1) is 12.6. The molecule has 0 aliphatic carbocycles. The number of benzene rings is 1. The standard InChI is InChI=1S/C18H22N2O6/c21-17(22)9-19-6-12-7-20(14(8-19)11-24-10-12)18(23)13-1-2-15-16(5-13)26-4-3-25-15/h1-2,5,12,14H,3-4,6-11H2,(H,21,22)/t12-,14-/m0/s1. The summed E-state index contributed by atoms with van der Waals surface area (Å²) in [4.78, 5) is 28.0. The number of aliphatic carboxylic acids is 1. The van der Waals surface area contributed by atoms with E-state index in [4.69, 9.17) is 19.3 Å². The van der Waals surface area contributed by atoms with Crippen LogP contribution in [0.15, 0.2) is 18.2 Å². The first-order valence-corrected chi connectivity index (χ1v) is 8.82. The zero-order valence-corrected chi connectivity index (χ0v) is 14.4. The Balaban J connectivity index is 1.56. The lowest BCUT2D eigenvalue weighted by molar-refractivity contribution is -0.138. The van der Waals surface area contributed by atoms with Crippen LogP contribution < -0.4 is 9.47 Å². The van der Waals surface area contributed by atoms with Gasteiger partial charge in [0.1, 0.15) is 13.2 Å². The Morgan fingerprint density at radius 1 is 1.08 bits per heavy atom. The van der Waals surface area contributed by atoms with Gasteiger partial charge in [-0.1, -0.05) is 0 Å². The molecule has 1 N–H and O–H groups in total. The van der Waals surface area contributed by atoms with E-state index in [1.165, 1.54) is 0 Å². The molecule has 8 nitrogen and oxygen atoms in total. The van der Waals surface area contributed by atoms with Crippen molar-refractivity contribution in [1.82, 2.24) is 9.80 Å². The van der Waals surface area contributed by atoms with Crippen LogP contribution in [0.1, 0.15) is 10.4 Å². The lowest BCUT2D eigenvalue weighted by atomic mass is 10.1. The molecular formula is C18H22N2O6. The fraction of sp³-hybridized carbons (Fsp3) is 0.556. The maximum absolute atomic E-state index is 13.1. The molecule has 0 spiro atoms. The maximum Gasteiger partial charge on any atom is 0.317 e. The highest BCUT2D eigenvalue weighted by molar-refractivity contribution is 5.95. The van der Waals surface area contributed by atoms with E-state index < -0.39 is 5.97 Å². The van der Waals surface area contributed by atoms with Gasteiger partial charge in [-0.05, 0) is 18.2 Å². The minimum atomic E-state index is -0.851. The van der Waals surface area contributed by atoms with Gasteiger partial charge in [-0.25, -0.2) is 0 Å². The van der Waals surface area contributed by atoms with Crippen molar-refractivity contribution < 1.29 is 28.9 Å². The molecule has 2 bridgehead atoms. The molecule has 0 radical (unpaired) electrons. The van der Waals surface area contributed by atoms with Gasteiger partial charge in [0.2, 0.25) is 0 Å². The highest BCUT2D eigenvalue weighted by Gasteiger charge is 2.36. The summed E-state index contributed by atoms with van der Waals surface area (Å²) < 4.78 is 16.8. The van der Waals surface area contributed by atoms with Crippen molar-refractivity contribution in [3.8, 4) is 11.5 Å². The van der Waals surface area contributed by atoms with Crippen LogP contribution in [0.25, 0.3) is 0 Å². The van der Waals surface area contributed by atoms with Crippen molar-refractivity contribution in [1.29, 1.82) is 0 Å². The van der Waals surface area contributed by atoms with Crippen molar-refractivity contribution >= 4 is 11.9 Å². The molecule has 2 atom stereocenters. The van der Waals surface area contributed by atoms with Gasteiger partial charge in [-0.15, -0.1) is 0 Å². The number of rotatable bonds is 3. The summed E-state index contributed by atoms with van der Waals surface area (Å²) in [7, 11) is 0.